The molecule has 1 aliphatic rings. The molecule has 102 valence electrons. The van der Waals surface area contributed by atoms with Crippen LogP contribution < -0.4 is 4.90 Å². The van der Waals surface area contributed by atoms with Crippen LogP contribution in [-0.2, 0) is 0 Å². The van der Waals surface area contributed by atoms with Crippen molar-refractivity contribution < 1.29 is 0 Å². The smallest absolute Gasteiger partial charge is 0.0624 e. The van der Waals surface area contributed by atoms with E-state index in [0.717, 1.165) is 19.4 Å². The van der Waals surface area contributed by atoms with Crippen molar-refractivity contribution in [3.05, 3.63) is 29.3 Å². The number of anilines is 1. The second-order valence-electron chi connectivity index (χ2n) is 6.40. The summed E-state index contributed by atoms with van der Waals surface area (Å²) in [4.78, 5) is 2.53. The Hall–Kier alpha value is -1.49. The van der Waals surface area contributed by atoms with E-state index in [4.69, 9.17) is 5.26 Å². The molecular formula is C17H24N2. The second kappa shape index (κ2) is 5.25. The monoisotopic (exact) mass is 256 g/mol. The van der Waals surface area contributed by atoms with Crippen LogP contribution in [0.5, 0.6) is 0 Å². The molecule has 0 saturated carbocycles. The number of benzene rings is 1. The van der Waals surface area contributed by atoms with Crippen molar-refractivity contribution in [3.8, 4) is 6.07 Å². The molecule has 0 radical (unpaired) electrons. The molecule has 2 rings (SSSR count). The fraction of sp³-hybridized carbons (Fsp3) is 0.588. The van der Waals surface area contributed by atoms with Gasteiger partial charge >= 0.3 is 0 Å². The Kier molecular flexibility index (Phi) is 3.85. The van der Waals surface area contributed by atoms with Crippen molar-refractivity contribution in [2.45, 2.75) is 52.5 Å². The van der Waals surface area contributed by atoms with E-state index in [0.29, 0.717) is 12.3 Å². The molecule has 0 bridgehead atoms. The number of aryl methyl sites for hydroxylation is 1. The fourth-order valence-corrected chi connectivity index (χ4v) is 3.31. The van der Waals surface area contributed by atoms with E-state index >= 15 is 0 Å². The highest BCUT2D eigenvalue weighted by atomic mass is 15.2. The van der Waals surface area contributed by atoms with Gasteiger partial charge in [-0.3, -0.25) is 0 Å². The van der Waals surface area contributed by atoms with Gasteiger partial charge in [0.1, 0.15) is 0 Å². The zero-order valence-corrected chi connectivity index (χ0v) is 12.5. The summed E-state index contributed by atoms with van der Waals surface area (Å²) in [5, 5.41) is 8.89. The van der Waals surface area contributed by atoms with Gasteiger partial charge < -0.3 is 4.90 Å². The van der Waals surface area contributed by atoms with Crippen molar-refractivity contribution in [1.82, 2.24) is 0 Å². The molecule has 1 unspecified atom stereocenters. The maximum absolute atomic E-state index is 8.89. The number of hydrogen-bond donors (Lipinski definition) is 0. The van der Waals surface area contributed by atoms with Crippen molar-refractivity contribution in [3.63, 3.8) is 0 Å². The highest BCUT2D eigenvalue weighted by molar-refractivity contribution is 5.58. The predicted octanol–water partition coefficient (Wildman–Crippen LogP) is 4.21. The average molecular weight is 256 g/mol. The van der Waals surface area contributed by atoms with Gasteiger partial charge in [-0.15, -0.1) is 0 Å². The lowest BCUT2D eigenvalue weighted by molar-refractivity contribution is 0.276. The molecule has 0 spiro atoms. The van der Waals surface area contributed by atoms with E-state index < -0.39 is 0 Å². The molecule has 1 aromatic rings. The first kappa shape index (κ1) is 13.9. The van der Waals surface area contributed by atoms with Crippen molar-refractivity contribution in [2.75, 3.05) is 11.4 Å². The molecule has 0 aromatic heterocycles. The highest BCUT2D eigenvalue weighted by Crippen LogP contribution is 2.38. The number of piperidine rings is 1. The van der Waals surface area contributed by atoms with Gasteiger partial charge in [-0.2, -0.15) is 5.26 Å². The van der Waals surface area contributed by atoms with E-state index in [-0.39, 0.29) is 5.54 Å². The van der Waals surface area contributed by atoms with Crippen LogP contribution in [0.25, 0.3) is 0 Å². The van der Waals surface area contributed by atoms with Gasteiger partial charge in [-0.1, -0.05) is 12.1 Å². The van der Waals surface area contributed by atoms with Crippen LogP contribution in [0.3, 0.4) is 0 Å². The summed E-state index contributed by atoms with van der Waals surface area (Å²) in [6.07, 6.45) is 2.93. The van der Waals surface area contributed by atoms with Crippen LogP contribution in [0.2, 0.25) is 0 Å². The van der Waals surface area contributed by atoms with E-state index in [1.165, 1.54) is 16.8 Å². The predicted molar refractivity (Wildman–Crippen MR) is 80.3 cm³/mol. The SMILES string of the molecule is Cc1cccc(N2CCC(CC#N)CC2(C)C)c1C. The molecule has 1 aliphatic heterocycles. The molecule has 2 heteroatoms. The summed E-state index contributed by atoms with van der Waals surface area (Å²) in [6.45, 7) is 10.1. The topological polar surface area (TPSA) is 27.0 Å². The van der Waals surface area contributed by atoms with E-state index in [1.807, 2.05) is 0 Å². The normalized spacial score (nSPS) is 22.1. The minimum absolute atomic E-state index is 0.137. The lowest BCUT2D eigenvalue weighted by Crippen LogP contribution is -2.50. The van der Waals surface area contributed by atoms with E-state index in [2.05, 4.69) is 56.9 Å². The Morgan fingerprint density at radius 1 is 1.37 bits per heavy atom. The maximum Gasteiger partial charge on any atom is 0.0624 e. The summed E-state index contributed by atoms with van der Waals surface area (Å²) < 4.78 is 0. The second-order valence-corrected chi connectivity index (χ2v) is 6.40. The summed E-state index contributed by atoms with van der Waals surface area (Å²) in [7, 11) is 0. The van der Waals surface area contributed by atoms with E-state index in [1.54, 1.807) is 0 Å². The van der Waals surface area contributed by atoms with Gasteiger partial charge in [0.05, 0.1) is 6.07 Å². The van der Waals surface area contributed by atoms with Crippen LogP contribution in [-0.4, -0.2) is 12.1 Å². The van der Waals surface area contributed by atoms with Crippen LogP contribution >= 0.6 is 0 Å². The zero-order chi connectivity index (χ0) is 14.0. The first-order valence-electron chi connectivity index (χ1n) is 7.16. The Morgan fingerprint density at radius 2 is 2.11 bits per heavy atom. The first-order chi connectivity index (χ1) is 8.95. The number of nitrogens with zero attached hydrogens (tertiary/aromatic N) is 2. The highest BCUT2D eigenvalue weighted by Gasteiger charge is 2.35. The van der Waals surface area contributed by atoms with Crippen molar-refractivity contribution in [1.29, 1.82) is 5.26 Å². The lowest BCUT2D eigenvalue weighted by Gasteiger charge is -2.47. The molecule has 1 atom stereocenters. The molecular weight excluding hydrogens is 232 g/mol. The van der Waals surface area contributed by atoms with Crippen LogP contribution in [0.1, 0.15) is 44.2 Å². The summed E-state index contributed by atoms with van der Waals surface area (Å²) in [5.41, 5.74) is 4.24. The minimum atomic E-state index is 0.137. The average Bonchev–Trinajstić information content (AvgIpc) is 2.33. The van der Waals surface area contributed by atoms with Gasteiger partial charge in [0.15, 0.2) is 0 Å². The Bertz CT molecular complexity index is 496. The summed E-state index contributed by atoms with van der Waals surface area (Å²) >= 11 is 0. The van der Waals surface area contributed by atoms with Crippen LogP contribution in [0, 0.1) is 31.1 Å². The minimum Gasteiger partial charge on any atom is -0.366 e. The first-order valence-corrected chi connectivity index (χ1v) is 7.16. The molecule has 1 fully saturated rings. The van der Waals surface area contributed by atoms with Crippen LogP contribution in [0.4, 0.5) is 5.69 Å². The van der Waals surface area contributed by atoms with Crippen molar-refractivity contribution >= 4 is 5.69 Å². The lowest BCUT2D eigenvalue weighted by atomic mass is 9.80. The van der Waals surface area contributed by atoms with Gasteiger partial charge in [0, 0.05) is 24.2 Å². The zero-order valence-electron chi connectivity index (χ0n) is 12.5. The molecule has 0 N–H and O–H groups in total. The molecule has 19 heavy (non-hydrogen) atoms. The third kappa shape index (κ3) is 2.76. The molecule has 0 aliphatic carbocycles. The molecule has 2 nitrogen and oxygen atoms in total. The third-order valence-electron chi connectivity index (χ3n) is 4.53. The van der Waals surface area contributed by atoms with Gasteiger partial charge in [0.2, 0.25) is 0 Å². The Morgan fingerprint density at radius 3 is 2.74 bits per heavy atom. The van der Waals surface area contributed by atoms with Gasteiger partial charge in [-0.05, 0) is 63.6 Å². The molecule has 1 aromatic carbocycles. The molecule has 1 heterocycles. The van der Waals surface area contributed by atoms with Crippen molar-refractivity contribution in [2.24, 2.45) is 5.92 Å². The van der Waals surface area contributed by atoms with E-state index in [9.17, 15) is 0 Å². The fourth-order valence-electron chi connectivity index (χ4n) is 3.31. The summed E-state index contributed by atoms with van der Waals surface area (Å²) in [5.74, 6) is 0.557. The number of nitriles is 1. The number of rotatable bonds is 2. The quantitative estimate of drug-likeness (QED) is 0.792. The molecule has 1 saturated heterocycles. The van der Waals surface area contributed by atoms with Crippen LogP contribution in [0.15, 0.2) is 18.2 Å². The summed E-state index contributed by atoms with van der Waals surface area (Å²) in [6, 6.07) is 8.89. The standard InChI is InChI=1S/C17H24N2/c1-13-6-5-7-16(14(13)2)19-11-9-15(8-10-18)12-17(19,3)4/h5-7,15H,8-9,11-12H2,1-4H3. The Labute approximate surface area is 117 Å². The largest absolute Gasteiger partial charge is 0.366 e. The third-order valence-corrected chi connectivity index (χ3v) is 4.53. The maximum atomic E-state index is 8.89. The molecule has 0 amide bonds. The van der Waals surface area contributed by atoms with Gasteiger partial charge in [-0.25, -0.2) is 0 Å². The Balaban J connectivity index is 2.27. The number of hydrogen-bond acceptors (Lipinski definition) is 2. The van der Waals surface area contributed by atoms with Gasteiger partial charge in [0.25, 0.3) is 0 Å².